The molecular weight excluding hydrogens is 1590 g/mol. The first-order valence-electron chi connectivity index (χ1n) is 44.8. The number of hydrogen-bond donors (Lipinski definition) is 0. The molecule has 628 valence electrons. The third-order valence-corrected chi connectivity index (χ3v) is 26.6. The normalized spacial score (nSPS) is 11.6. The Morgan fingerprint density at radius 1 is 0.192 bits per heavy atom. The Bertz CT molecular complexity index is 8690. The summed E-state index contributed by atoms with van der Waals surface area (Å²) in [5.41, 5.74) is 39.1. The van der Waals surface area contributed by atoms with E-state index in [9.17, 15) is 0 Å². The zero-order valence-electron chi connectivity index (χ0n) is 75.9. The highest BCUT2D eigenvalue weighted by Gasteiger charge is 2.29. The molecule has 8 aromatic heterocycles. The van der Waals surface area contributed by atoms with Crippen LogP contribution in [0, 0.1) is 69.2 Å². The van der Waals surface area contributed by atoms with Crippen LogP contribution in [0.2, 0.25) is 0 Å². The van der Waals surface area contributed by atoms with Gasteiger partial charge in [-0.05, 0) is 233 Å². The number of nitrogens with zero attached hydrogens (tertiary/aromatic N) is 4. The minimum Gasteiger partial charge on any atom is -0.455 e. The van der Waals surface area contributed by atoms with Gasteiger partial charge in [-0.15, -0.1) is 0 Å². The van der Waals surface area contributed by atoms with E-state index in [4.69, 9.17) is 17.7 Å². The van der Waals surface area contributed by atoms with E-state index < -0.39 is 0 Å². The number of hydrogen-bond acceptors (Lipinski definition) is 4. The third-order valence-electron chi connectivity index (χ3n) is 26.6. The topological polar surface area (TPSA) is 68.1 Å². The maximum Gasteiger partial charge on any atom is 0.216 e. The van der Waals surface area contributed by atoms with Gasteiger partial charge in [0.2, 0.25) is 22.8 Å². The standard InChI is InChI=1S/2C31H26NO.2C30H24NO/c1-19-14-20(2)30(27-17-25(21(3)18-32(27)4)22-10-6-5-7-11-22)31-29(19)26-15-23-12-8-9-13-24(23)16-28(26)33-31;1-19-10-12-23-16-29-27(15-24(23)14-19)25-13-11-20(2)30(31(25)33-29)28-17-26(21(3)18-32(28)4)22-8-6-5-7-9-22;1-19-13-14-24-26-15-22-11-7-8-12-23(22)16-28(26)32-30(24)29(19)27-17-25(20(2)18-31(27)3)21-9-5-4-6-10-21;1-19-9-11-22-18-28-26(16-24(22)15-19)25-12-10-20(2)29(30(25)32-28)27-17-23(13-14-31(27)3)21-7-5-4-6-8-21/h2*5-18H,1-4H3;2*4-18H,1-3H3/q4*+1. The quantitative estimate of drug-likeness (QED) is 0.142. The molecule has 24 aromatic rings. The second-order valence-corrected chi connectivity index (χ2v) is 35.7. The van der Waals surface area contributed by atoms with Crippen LogP contribution in [0.1, 0.15) is 55.6 Å². The molecule has 0 aliphatic carbocycles. The molecule has 8 heteroatoms. The lowest BCUT2D eigenvalue weighted by Crippen LogP contribution is -2.31. The Morgan fingerprint density at radius 3 is 0.885 bits per heavy atom. The van der Waals surface area contributed by atoms with Crippen LogP contribution in [0.4, 0.5) is 0 Å². The van der Waals surface area contributed by atoms with Crippen LogP contribution < -0.4 is 18.3 Å². The average molecular weight is 1690 g/mol. The molecule has 8 nitrogen and oxygen atoms in total. The fourth-order valence-electron chi connectivity index (χ4n) is 20.0. The number of furan rings is 4. The van der Waals surface area contributed by atoms with Gasteiger partial charge in [0.25, 0.3) is 0 Å². The Morgan fingerprint density at radius 2 is 0.500 bits per heavy atom. The summed E-state index contributed by atoms with van der Waals surface area (Å²) in [6.45, 7) is 21.7. The summed E-state index contributed by atoms with van der Waals surface area (Å²) in [7, 11) is 8.46. The van der Waals surface area contributed by atoms with Gasteiger partial charge in [0.05, 0.1) is 22.3 Å². The SMILES string of the molecule is Cc1c[n+](C)c(-c2c(C)cc(C)c3c2oc2cc4ccccc4cc23)cc1-c1ccccc1.Cc1c[n+](C)c(-c2c(C)ccc3c2oc2cc4ccccc4cc23)cc1-c1ccccc1.Cc1ccc2cc3oc4c(-c5cc(-c6ccccc6)c(C)c[n+]5C)c(C)ccc4c3cc2c1.Cc1ccc2cc3oc4c(-c5cc(-c6ccccc6)cc[n+]5C)c(C)ccc4c3cc2c1. The largest absolute Gasteiger partial charge is 0.455 e. The van der Waals surface area contributed by atoms with Gasteiger partial charge in [-0.25, -0.2) is 18.3 Å². The summed E-state index contributed by atoms with van der Waals surface area (Å²) in [5.74, 6) is 0. The van der Waals surface area contributed by atoms with E-state index >= 15 is 0 Å². The predicted octanol–water partition coefficient (Wildman–Crippen LogP) is 30.7. The molecule has 0 fully saturated rings. The lowest BCUT2D eigenvalue weighted by molar-refractivity contribution is -0.660. The molecule has 0 aliphatic heterocycles. The molecule has 0 spiro atoms. The molecule has 0 unspecified atom stereocenters. The zero-order chi connectivity index (χ0) is 89.0. The minimum absolute atomic E-state index is 0.934. The van der Waals surface area contributed by atoms with Crippen molar-refractivity contribution < 1.29 is 35.9 Å². The van der Waals surface area contributed by atoms with E-state index in [1.807, 2.05) is 0 Å². The molecular formula is C122H100N4O4+4. The smallest absolute Gasteiger partial charge is 0.216 e. The number of aryl methyl sites for hydroxylation is 14. The Balaban J connectivity index is 0.000000105. The van der Waals surface area contributed by atoms with E-state index in [1.165, 1.54) is 165 Å². The van der Waals surface area contributed by atoms with Gasteiger partial charge in [-0.3, -0.25) is 0 Å². The van der Waals surface area contributed by atoms with Gasteiger partial charge in [0.15, 0.2) is 24.8 Å². The second kappa shape index (κ2) is 33.0. The first kappa shape index (κ1) is 81.4. The number of aromatic nitrogens is 4. The van der Waals surface area contributed by atoms with Gasteiger partial charge in [0.1, 0.15) is 72.9 Å². The van der Waals surface area contributed by atoms with Crippen LogP contribution in [0.25, 0.3) is 220 Å². The van der Waals surface area contributed by atoms with E-state index in [-0.39, 0.29) is 0 Å². The first-order chi connectivity index (χ1) is 63.2. The van der Waals surface area contributed by atoms with Gasteiger partial charge < -0.3 is 17.7 Å². The van der Waals surface area contributed by atoms with Crippen LogP contribution in [-0.4, -0.2) is 0 Å². The van der Waals surface area contributed by atoms with Crippen LogP contribution >= 0.6 is 0 Å². The molecule has 0 saturated heterocycles. The van der Waals surface area contributed by atoms with Gasteiger partial charge >= 0.3 is 0 Å². The first-order valence-corrected chi connectivity index (χ1v) is 44.8. The van der Waals surface area contributed by atoms with Crippen molar-refractivity contribution in [3.8, 4) is 89.5 Å². The lowest BCUT2D eigenvalue weighted by Gasteiger charge is -2.11. The maximum atomic E-state index is 6.63. The third kappa shape index (κ3) is 14.7. The molecule has 0 saturated carbocycles. The summed E-state index contributed by atoms with van der Waals surface area (Å²) in [4.78, 5) is 0. The summed E-state index contributed by atoms with van der Waals surface area (Å²) >= 11 is 0. The van der Waals surface area contributed by atoms with Gasteiger partial charge in [0, 0.05) is 90.1 Å². The fourth-order valence-corrected chi connectivity index (χ4v) is 20.0. The Kier molecular flexibility index (Phi) is 20.6. The van der Waals surface area contributed by atoms with Crippen molar-refractivity contribution in [2.75, 3.05) is 0 Å². The second-order valence-electron chi connectivity index (χ2n) is 35.7. The maximum absolute atomic E-state index is 6.63. The molecule has 0 amide bonds. The number of pyridine rings is 4. The highest BCUT2D eigenvalue weighted by molar-refractivity contribution is 6.18. The van der Waals surface area contributed by atoms with Crippen molar-refractivity contribution in [1.29, 1.82) is 0 Å². The molecule has 0 radical (unpaired) electrons. The summed E-state index contributed by atoms with van der Waals surface area (Å²) < 4.78 is 35.1. The van der Waals surface area contributed by atoms with Gasteiger partial charge in [-0.1, -0.05) is 260 Å². The fraction of sp³-hybridized carbons (Fsp3) is 0.115. The van der Waals surface area contributed by atoms with Crippen LogP contribution in [0.3, 0.4) is 0 Å². The Hall–Kier alpha value is -15.6. The molecule has 0 atom stereocenters. The van der Waals surface area contributed by atoms with Crippen LogP contribution in [0.15, 0.2) is 370 Å². The van der Waals surface area contributed by atoms with Crippen molar-refractivity contribution in [3.63, 3.8) is 0 Å². The molecule has 0 bridgehead atoms. The van der Waals surface area contributed by atoms with E-state index in [2.05, 4.69) is 468 Å². The van der Waals surface area contributed by atoms with E-state index in [0.29, 0.717) is 0 Å². The van der Waals surface area contributed by atoms with Crippen LogP contribution in [-0.2, 0) is 28.2 Å². The average Bonchev–Trinajstić information content (AvgIpc) is 1.59. The summed E-state index contributed by atoms with van der Waals surface area (Å²) in [6.07, 6.45) is 8.79. The molecule has 0 aliphatic rings. The highest BCUT2D eigenvalue weighted by atomic mass is 16.3. The van der Waals surface area contributed by atoms with Crippen molar-refractivity contribution in [2.45, 2.75) is 69.2 Å². The van der Waals surface area contributed by atoms with Crippen molar-refractivity contribution >= 4 is 131 Å². The van der Waals surface area contributed by atoms with Crippen molar-refractivity contribution in [2.24, 2.45) is 28.2 Å². The van der Waals surface area contributed by atoms with Crippen LogP contribution in [0.5, 0.6) is 0 Å². The number of benzene rings is 16. The number of rotatable bonds is 8. The Labute approximate surface area is 756 Å². The summed E-state index contributed by atoms with van der Waals surface area (Å²) in [5, 5.41) is 19.2. The molecule has 16 aromatic carbocycles. The highest BCUT2D eigenvalue weighted by Crippen LogP contribution is 2.47. The van der Waals surface area contributed by atoms with Crippen molar-refractivity contribution in [1.82, 2.24) is 0 Å². The zero-order valence-corrected chi connectivity index (χ0v) is 75.9. The predicted molar refractivity (Wildman–Crippen MR) is 540 cm³/mol. The molecule has 0 N–H and O–H groups in total. The summed E-state index contributed by atoms with van der Waals surface area (Å²) in [6, 6.07) is 117. The lowest BCUT2D eigenvalue weighted by atomic mass is 9.94. The molecule has 8 heterocycles. The minimum atomic E-state index is 0.934. The molecule has 130 heavy (non-hydrogen) atoms. The molecule has 24 rings (SSSR count). The van der Waals surface area contributed by atoms with E-state index in [0.717, 1.165) is 111 Å². The van der Waals surface area contributed by atoms with Gasteiger partial charge in [-0.2, -0.15) is 0 Å². The van der Waals surface area contributed by atoms with E-state index in [1.54, 1.807) is 0 Å². The van der Waals surface area contributed by atoms with Crippen molar-refractivity contribution in [3.05, 3.63) is 408 Å². The monoisotopic (exact) mass is 1680 g/mol. The number of fused-ring (bicyclic) bond motifs is 16.